The minimum Gasteiger partial charge on any atom is -0.227 e. The molecule has 0 N–H and O–H groups in total. The summed E-state index contributed by atoms with van der Waals surface area (Å²) in [5.74, 6) is 1.16. The van der Waals surface area contributed by atoms with E-state index in [4.69, 9.17) is 11.6 Å². The number of para-hydroxylation sites is 1. The number of halogens is 2. The van der Waals surface area contributed by atoms with Crippen LogP contribution in [0.5, 0.6) is 0 Å². The average molecular weight is 362 g/mol. The van der Waals surface area contributed by atoms with E-state index >= 15 is 0 Å². The number of benzene rings is 2. The van der Waals surface area contributed by atoms with Crippen LogP contribution in [0.15, 0.2) is 46.9 Å². The normalized spacial score (nSPS) is 11.3. The maximum absolute atomic E-state index is 6.29. The summed E-state index contributed by atoms with van der Waals surface area (Å²) in [5.41, 5.74) is 3.10. The monoisotopic (exact) mass is 360 g/mol. The Morgan fingerprint density at radius 2 is 1.71 bits per heavy atom. The molecule has 0 radical (unpaired) electrons. The first-order valence-corrected chi connectivity index (χ1v) is 7.95. The van der Waals surface area contributed by atoms with Crippen LogP contribution >= 0.6 is 27.5 Å². The Labute approximate surface area is 137 Å². The molecule has 0 spiro atoms. The van der Waals surface area contributed by atoms with Crippen LogP contribution in [0.2, 0.25) is 5.15 Å². The van der Waals surface area contributed by atoms with Crippen LogP contribution in [-0.2, 0) is 0 Å². The summed E-state index contributed by atoms with van der Waals surface area (Å²) in [6.45, 7) is 4.35. The molecule has 2 aromatic carbocycles. The van der Waals surface area contributed by atoms with Gasteiger partial charge in [0, 0.05) is 15.4 Å². The van der Waals surface area contributed by atoms with Crippen LogP contribution in [0, 0.1) is 0 Å². The number of rotatable bonds is 2. The fraction of sp³-hybridized carbons (Fsp3) is 0.176. The minimum absolute atomic E-state index is 0.476. The van der Waals surface area contributed by atoms with Gasteiger partial charge in [0.25, 0.3) is 0 Å². The van der Waals surface area contributed by atoms with Gasteiger partial charge in [0.1, 0.15) is 5.15 Å². The van der Waals surface area contributed by atoms with Crippen molar-refractivity contribution >= 4 is 38.4 Å². The van der Waals surface area contributed by atoms with E-state index in [9.17, 15) is 0 Å². The van der Waals surface area contributed by atoms with Crippen molar-refractivity contribution in [3.05, 3.63) is 57.7 Å². The highest BCUT2D eigenvalue weighted by Gasteiger charge is 2.10. The van der Waals surface area contributed by atoms with Gasteiger partial charge in [-0.3, -0.25) is 0 Å². The second kappa shape index (κ2) is 5.74. The molecular formula is C17H14BrClN2. The van der Waals surface area contributed by atoms with Crippen molar-refractivity contribution in [3.8, 4) is 11.4 Å². The van der Waals surface area contributed by atoms with Crippen LogP contribution in [0.4, 0.5) is 0 Å². The molecule has 0 fully saturated rings. The van der Waals surface area contributed by atoms with Gasteiger partial charge in [0.2, 0.25) is 0 Å². The van der Waals surface area contributed by atoms with Crippen LogP contribution in [-0.4, -0.2) is 9.97 Å². The number of fused-ring (bicyclic) bond motifs is 1. The summed E-state index contributed by atoms with van der Waals surface area (Å²) in [5, 5.41) is 1.33. The Kier molecular flexibility index (Phi) is 3.96. The van der Waals surface area contributed by atoms with E-state index in [2.05, 4.69) is 51.9 Å². The Balaban J connectivity index is 2.14. The van der Waals surface area contributed by atoms with Gasteiger partial charge in [-0.25, -0.2) is 9.97 Å². The Bertz CT molecular complexity index is 798. The van der Waals surface area contributed by atoms with E-state index in [0.29, 0.717) is 16.9 Å². The van der Waals surface area contributed by atoms with Gasteiger partial charge in [-0.15, -0.1) is 0 Å². The Hall–Kier alpha value is -1.45. The Morgan fingerprint density at radius 1 is 1.00 bits per heavy atom. The van der Waals surface area contributed by atoms with Crippen molar-refractivity contribution in [2.24, 2.45) is 0 Å². The zero-order valence-electron chi connectivity index (χ0n) is 11.8. The zero-order valence-corrected chi connectivity index (χ0v) is 14.1. The summed E-state index contributed by atoms with van der Waals surface area (Å²) >= 11 is 9.81. The van der Waals surface area contributed by atoms with E-state index in [-0.39, 0.29) is 0 Å². The standard InChI is InChI=1S/C17H14BrClN2/c1-10(2)11-6-8-12(9-7-11)17-20-15-13(16(19)21-17)4-3-5-14(15)18/h3-10H,1-2H3. The summed E-state index contributed by atoms with van der Waals surface area (Å²) < 4.78 is 0.921. The van der Waals surface area contributed by atoms with Crippen molar-refractivity contribution < 1.29 is 0 Å². The SMILES string of the molecule is CC(C)c1ccc(-c2nc(Cl)c3cccc(Br)c3n2)cc1. The fourth-order valence-corrected chi connectivity index (χ4v) is 2.91. The van der Waals surface area contributed by atoms with Crippen LogP contribution in [0.25, 0.3) is 22.3 Å². The second-order valence-corrected chi connectivity index (χ2v) is 6.46. The molecule has 0 atom stereocenters. The van der Waals surface area contributed by atoms with Crippen molar-refractivity contribution in [2.75, 3.05) is 0 Å². The van der Waals surface area contributed by atoms with Crippen molar-refractivity contribution in [3.63, 3.8) is 0 Å². The quantitative estimate of drug-likeness (QED) is 0.536. The maximum atomic E-state index is 6.29. The smallest absolute Gasteiger partial charge is 0.161 e. The molecule has 1 heterocycles. The first kappa shape index (κ1) is 14.5. The zero-order chi connectivity index (χ0) is 15.0. The lowest BCUT2D eigenvalue weighted by atomic mass is 10.0. The number of hydrogen-bond donors (Lipinski definition) is 0. The predicted octanol–water partition coefficient (Wildman–Crippen LogP) is 5.84. The summed E-state index contributed by atoms with van der Waals surface area (Å²) in [6, 6.07) is 14.1. The van der Waals surface area contributed by atoms with Gasteiger partial charge < -0.3 is 0 Å². The summed E-state index contributed by atoms with van der Waals surface area (Å²) in [6.07, 6.45) is 0. The minimum atomic E-state index is 0.476. The Morgan fingerprint density at radius 3 is 2.38 bits per heavy atom. The topological polar surface area (TPSA) is 25.8 Å². The lowest BCUT2D eigenvalue weighted by molar-refractivity contribution is 0.867. The number of hydrogen-bond acceptors (Lipinski definition) is 2. The van der Waals surface area contributed by atoms with E-state index in [1.807, 2.05) is 30.3 Å². The van der Waals surface area contributed by atoms with Crippen LogP contribution in [0.1, 0.15) is 25.3 Å². The molecule has 0 unspecified atom stereocenters. The molecule has 0 aliphatic rings. The summed E-state index contributed by atoms with van der Waals surface area (Å²) in [7, 11) is 0. The van der Waals surface area contributed by atoms with E-state index in [0.717, 1.165) is 20.9 Å². The molecule has 106 valence electrons. The molecule has 3 aromatic rings. The number of nitrogens with zero attached hydrogens (tertiary/aromatic N) is 2. The van der Waals surface area contributed by atoms with Gasteiger partial charge in [0.05, 0.1) is 5.52 Å². The lowest BCUT2D eigenvalue weighted by Gasteiger charge is -2.08. The largest absolute Gasteiger partial charge is 0.227 e. The lowest BCUT2D eigenvalue weighted by Crippen LogP contribution is -1.93. The molecule has 3 rings (SSSR count). The molecular weight excluding hydrogens is 348 g/mol. The molecule has 0 aliphatic heterocycles. The average Bonchev–Trinajstić information content (AvgIpc) is 2.48. The highest BCUT2D eigenvalue weighted by molar-refractivity contribution is 9.10. The molecule has 4 heteroatoms. The fourth-order valence-electron chi connectivity index (χ4n) is 2.23. The number of aromatic nitrogens is 2. The van der Waals surface area contributed by atoms with Crippen molar-refractivity contribution in [2.45, 2.75) is 19.8 Å². The van der Waals surface area contributed by atoms with Crippen LogP contribution < -0.4 is 0 Å². The molecule has 0 bridgehead atoms. The maximum Gasteiger partial charge on any atom is 0.161 e. The molecule has 0 saturated carbocycles. The second-order valence-electron chi connectivity index (χ2n) is 5.25. The highest BCUT2D eigenvalue weighted by atomic mass is 79.9. The van der Waals surface area contributed by atoms with Gasteiger partial charge in [0.15, 0.2) is 5.82 Å². The highest BCUT2D eigenvalue weighted by Crippen LogP contribution is 2.29. The molecule has 21 heavy (non-hydrogen) atoms. The van der Waals surface area contributed by atoms with Crippen molar-refractivity contribution in [1.29, 1.82) is 0 Å². The van der Waals surface area contributed by atoms with Gasteiger partial charge in [-0.05, 0) is 39.5 Å². The third-order valence-electron chi connectivity index (χ3n) is 3.47. The van der Waals surface area contributed by atoms with Crippen molar-refractivity contribution in [1.82, 2.24) is 9.97 Å². The third-order valence-corrected chi connectivity index (χ3v) is 4.39. The van der Waals surface area contributed by atoms with Gasteiger partial charge in [-0.2, -0.15) is 0 Å². The molecule has 0 amide bonds. The van der Waals surface area contributed by atoms with E-state index in [1.165, 1.54) is 5.56 Å². The van der Waals surface area contributed by atoms with Gasteiger partial charge in [-0.1, -0.05) is 55.8 Å². The van der Waals surface area contributed by atoms with E-state index in [1.54, 1.807) is 0 Å². The molecule has 0 aliphatic carbocycles. The van der Waals surface area contributed by atoms with Crippen LogP contribution in [0.3, 0.4) is 0 Å². The third kappa shape index (κ3) is 2.81. The molecule has 2 nitrogen and oxygen atoms in total. The summed E-state index contributed by atoms with van der Waals surface area (Å²) in [4.78, 5) is 9.06. The molecule has 0 saturated heterocycles. The first-order valence-electron chi connectivity index (χ1n) is 6.78. The predicted molar refractivity (Wildman–Crippen MR) is 91.8 cm³/mol. The van der Waals surface area contributed by atoms with E-state index < -0.39 is 0 Å². The first-order chi connectivity index (χ1) is 10.1. The molecule has 1 aromatic heterocycles. The van der Waals surface area contributed by atoms with Gasteiger partial charge >= 0.3 is 0 Å².